The van der Waals surface area contributed by atoms with E-state index >= 15 is 0 Å². The summed E-state index contributed by atoms with van der Waals surface area (Å²) in [5, 5.41) is 0. The molecule has 0 saturated carbocycles. The monoisotopic (exact) mass is 128 g/mol. The van der Waals surface area contributed by atoms with Gasteiger partial charge in [0.1, 0.15) is 0 Å². The molecule has 1 unspecified atom stereocenters. The lowest BCUT2D eigenvalue weighted by Gasteiger charge is -2.26. The van der Waals surface area contributed by atoms with E-state index in [-0.39, 0.29) is 0 Å². The molecule has 0 aliphatic rings. The fourth-order valence-electron chi connectivity index (χ4n) is 1.19. The molecule has 0 rings (SSSR count). The van der Waals surface area contributed by atoms with E-state index in [1.165, 1.54) is 0 Å². The van der Waals surface area contributed by atoms with Crippen molar-refractivity contribution in [1.82, 2.24) is 4.90 Å². The Hall–Kier alpha value is -0.0400. The molecule has 1 radical (unpaired) electrons. The first-order valence-corrected chi connectivity index (χ1v) is 3.55. The van der Waals surface area contributed by atoms with Crippen LogP contribution in [-0.4, -0.2) is 25.0 Å². The minimum Gasteiger partial charge on any atom is -0.306 e. The maximum absolute atomic E-state index is 3.89. The largest absolute Gasteiger partial charge is 0.306 e. The SMILES string of the molecule is [CH2]CC(C(C)C)N(C)C. The van der Waals surface area contributed by atoms with Crippen LogP contribution < -0.4 is 0 Å². The Morgan fingerprint density at radius 1 is 1.33 bits per heavy atom. The second kappa shape index (κ2) is 3.89. The lowest BCUT2D eigenvalue weighted by atomic mass is 10.0. The molecule has 0 heterocycles. The van der Waals surface area contributed by atoms with Crippen LogP contribution in [-0.2, 0) is 0 Å². The molecule has 0 aliphatic carbocycles. The van der Waals surface area contributed by atoms with E-state index in [2.05, 4.69) is 39.8 Å². The van der Waals surface area contributed by atoms with Crippen LogP contribution in [0.25, 0.3) is 0 Å². The Morgan fingerprint density at radius 2 is 1.78 bits per heavy atom. The van der Waals surface area contributed by atoms with Crippen molar-refractivity contribution >= 4 is 0 Å². The summed E-state index contributed by atoms with van der Waals surface area (Å²) in [6.45, 7) is 8.35. The van der Waals surface area contributed by atoms with E-state index in [1.807, 2.05) is 0 Å². The van der Waals surface area contributed by atoms with Crippen LogP contribution in [0.1, 0.15) is 20.3 Å². The quantitative estimate of drug-likeness (QED) is 0.560. The van der Waals surface area contributed by atoms with E-state index in [9.17, 15) is 0 Å². The van der Waals surface area contributed by atoms with Gasteiger partial charge in [-0.05, 0) is 26.4 Å². The topological polar surface area (TPSA) is 3.24 Å². The number of hydrogen-bond donors (Lipinski definition) is 0. The molecule has 0 aromatic rings. The van der Waals surface area contributed by atoms with E-state index in [0.717, 1.165) is 12.3 Å². The fourth-order valence-corrected chi connectivity index (χ4v) is 1.19. The standard InChI is InChI=1S/C8H18N/c1-6-8(7(2)3)9(4)5/h7-8H,1,6H2,2-5H3. The van der Waals surface area contributed by atoms with Crippen LogP contribution in [0, 0.1) is 12.8 Å². The van der Waals surface area contributed by atoms with E-state index in [1.54, 1.807) is 0 Å². The Balaban J connectivity index is 3.68. The summed E-state index contributed by atoms with van der Waals surface area (Å²) in [4.78, 5) is 2.23. The average Bonchev–Trinajstić information content (AvgIpc) is 1.64. The summed E-state index contributed by atoms with van der Waals surface area (Å²) in [5.41, 5.74) is 0. The molecule has 1 heteroatoms. The Labute approximate surface area is 59.1 Å². The van der Waals surface area contributed by atoms with Gasteiger partial charge in [0.2, 0.25) is 0 Å². The van der Waals surface area contributed by atoms with E-state index < -0.39 is 0 Å². The van der Waals surface area contributed by atoms with Crippen molar-refractivity contribution in [2.24, 2.45) is 5.92 Å². The van der Waals surface area contributed by atoms with Gasteiger partial charge in [0.15, 0.2) is 0 Å². The highest BCUT2D eigenvalue weighted by molar-refractivity contribution is 4.70. The third kappa shape index (κ3) is 2.85. The van der Waals surface area contributed by atoms with Crippen LogP contribution in [0.4, 0.5) is 0 Å². The molecular formula is C8H18N. The van der Waals surface area contributed by atoms with Gasteiger partial charge in [-0.15, -0.1) is 0 Å². The summed E-state index contributed by atoms with van der Waals surface area (Å²) in [5.74, 6) is 0.720. The Morgan fingerprint density at radius 3 is 1.78 bits per heavy atom. The second-order valence-corrected chi connectivity index (χ2v) is 3.06. The van der Waals surface area contributed by atoms with Gasteiger partial charge in [0, 0.05) is 6.04 Å². The first-order valence-electron chi connectivity index (χ1n) is 3.55. The smallest absolute Gasteiger partial charge is 0.0112 e. The van der Waals surface area contributed by atoms with Crippen molar-refractivity contribution in [3.05, 3.63) is 6.92 Å². The van der Waals surface area contributed by atoms with Gasteiger partial charge in [-0.2, -0.15) is 0 Å². The summed E-state index contributed by atoms with van der Waals surface area (Å²) >= 11 is 0. The highest BCUT2D eigenvalue weighted by Gasteiger charge is 2.11. The van der Waals surface area contributed by atoms with Gasteiger partial charge < -0.3 is 4.90 Å². The predicted octanol–water partition coefficient (Wildman–Crippen LogP) is 1.80. The van der Waals surface area contributed by atoms with E-state index in [0.29, 0.717) is 6.04 Å². The van der Waals surface area contributed by atoms with Crippen LogP contribution in [0.5, 0.6) is 0 Å². The molecule has 0 N–H and O–H groups in total. The van der Waals surface area contributed by atoms with Gasteiger partial charge >= 0.3 is 0 Å². The van der Waals surface area contributed by atoms with Crippen LogP contribution in [0.2, 0.25) is 0 Å². The lowest BCUT2D eigenvalue weighted by Crippen LogP contribution is -2.31. The third-order valence-corrected chi connectivity index (χ3v) is 1.73. The minimum absolute atomic E-state index is 0.644. The predicted molar refractivity (Wildman–Crippen MR) is 42.3 cm³/mol. The molecule has 1 atom stereocenters. The fraction of sp³-hybridized carbons (Fsp3) is 0.875. The van der Waals surface area contributed by atoms with E-state index in [4.69, 9.17) is 0 Å². The van der Waals surface area contributed by atoms with Crippen molar-refractivity contribution in [3.63, 3.8) is 0 Å². The summed E-state index contributed by atoms with van der Waals surface area (Å²) in [6.07, 6.45) is 1.00. The van der Waals surface area contributed by atoms with Crippen molar-refractivity contribution < 1.29 is 0 Å². The van der Waals surface area contributed by atoms with Crippen LogP contribution in [0.15, 0.2) is 0 Å². The minimum atomic E-state index is 0.644. The highest BCUT2D eigenvalue weighted by atomic mass is 15.1. The zero-order valence-electron chi connectivity index (χ0n) is 7.02. The van der Waals surface area contributed by atoms with Crippen LogP contribution >= 0.6 is 0 Å². The first-order chi connectivity index (χ1) is 4.09. The molecule has 0 fully saturated rings. The molecule has 0 aromatic heterocycles. The average molecular weight is 128 g/mol. The van der Waals surface area contributed by atoms with Crippen LogP contribution in [0.3, 0.4) is 0 Å². The molecule has 55 valence electrons. The summed E-state index contributed by atoms with van der Waals surface area (Å²) < 4.78 is 0. The van der Waals surface area contributed by atoms with Crippen molar-refractivity contribution in [2.45, 2.75) is 26.3 Å². The molecular weight excluding hydrogens is 110 g/mol. The maximum atomic E-state index is 3.89. The normalized spacial score (nSPS) is 15.0. The Kier molecular flexibility index (Phi) is 3.87. The summed E-state index contributed by atoms with van der Waals surface area (Å²) in [6, 6.07) is 0.644. The molecule has 0 aliphatic heterocycles. The summed E-state index contributed by atoms with van der Waals surface area (Å²) in [7, 11) is 4.21. The number of nitrogens with zero attached hydrogens (tertiary/aromatic N) is 1. The second-order valence-electron chi connectivity index (χ2n) is 3.06. The molecule has 9 heavy (non-hydrogen) atoms. The Bertz CT molecular complexity index is 59.0. The molecule has 0 saturated heterocycles. The van der Waals surface area contributed by atoms with Gasteiger partial charge in [0.25, 0.3) is 0 Å². The third-order valence-electron chi connectivity index (χ3n) is 1.73. The molecule has 0 aromatic carbocycles. The van der Waals surface area contributed by atoms with Gasteiger partial charge in [-0.3, -0.25) is 0 Å². The highest BCUT2D eigenvalue weighted by Crippen LogP contribution is 2.09. The zero-order chi connectivity index (χ0) is 7.44. The molecule has 0 amide bonds. The van der Waals surface area contributed by atoms with Gasteiger partial charge in [0.05, 0.1) is 0 Å². The first kappa shape index (κ1) is 8.96. The molecule has 0 spiro atoms. The van der Waals surface area contributed by atoms with Crippen molar-refractivity contribution in [3.8, 4) is 0 Å². The van der Waals surface area contributed by atoms with Crippen molar-refractivity contribution in [1.29, 1.82) is 0 Å². The maximum Gasteiger partial charge on any atom is 0.0112 e. The number of hydrogen-bond acceptors (Lipinski definition) is 1. The van der Waals surface area contributed by atoms with Gasteiger partial charge in [-0.25, -0.2) is 0 Å². The lowest BCUT2D eigenvalue weighted by molar-refractivity contribution is 0.232. The number of rotatable bonds is 3. The molecule has 0 bridgehead atoms. The zero-order valence-corrected chi connectivity index (χ0v) is 7.02. The molecule has 1 nitrogen and oxygen atoms in total. The van der Waals surface area contributed by atoms with Crippen molar-refractivity contribution in [2.75, 3.05) is 14.1 Å². The van der Waals surface area contributed by atoms with Gasteiger partial charge in [-0.1, -0.05) is 20.8 Å².